The van der Waals surface area contributed by atoms with E-state index in [4.69, 9.17) is 0 Å². The van der Waals surface area contributed by atoms with Gasteiger partial charge in [0.1, 0.15) is 17.6 Å². The summed E-state index contributed by atoms with van der Waals surface area (Å²) in [6.45, 7) is 1.10. The second-order valence-electron chi connectivity index (χ2n) is 8.55. The fraction of sp³-hybridized carbons (Fsp3) is 0.261. The molecule has 1 spiro atoms. The summed E-state index contributed by atoms with van der Waals surface area (Å²) in [5, 5.41) is 10.2. The van der Waals surface area contributed by atoms with E-state index in [2.05, 4.69) is 21.3 Å². The highest BCUT2D eigenvalue weighted by atomic mass is 16.2. The van der Waals surface area contributed by atoms with Crippen molar-refractivity contribution in [1.29, 1.82) is 0 Å². The highest BCUT2D eigenvalue weighted by molar-refractivity contribution is 6.11. The van der Waals surface area contributed by atoms with Crippen LogP contribution >= 0.6 is 0 Å². The van der Waals surface area contributed by atoms with Gasteiger partial charge in [-0.25, -0.2) is 9.59 Å². The Balaban J connectivity index is 1.32. The van der Waals surface area contributed by atoms with Gasteiger partial charge in [-0.05, 0) is 48.6 Å². The maximum absolute atomic E-state index is 13.2. The normalized spacial score (nSPS) is 25.7. The number of anilines is 1. The minimum atomic E-state index is -1.27. The first kappa shape index (κ1) is 20.7. The summed E-state index contributed by atoms with van der Waals surface area (Å²) in [4.78, 5) is 63.2. The van der Waals surface area contributed by atoms with E-state index < -0.39 is 47.4 Å². The van der Waals surface area contributed by atoms with Crippen LogP contribution < -0.4 is 21.3 Å². The number of rotatable bonds is 4. The number of urea groups is 2. The fourth-order valence-electron chi connectivity index (χ4n) is 4.73. The zero-order valence-electron chi connectivity index (χ0n) is 17.7. The molecule has 5 rings (SSSR count). The van der Waals surface area contributed by atoms with Gasteiger partial charge in [-0.15, -0.1) is 0 Å². The highest BCUT2D eigenvalue weighted by Gasteiger charge is 2.55. The Morgan fingerprint density at radius 2 is 1.85 bits per heavy atom. The number of imide groups is 2. The molecule has 168 valence electrons. The summed E-state index contributed by atoms with van der Waals surface area (Å²) in [7, 11) is 0. The molecule has 0 radical (unpaired) electrons. The molecule has 33 heavy (non-hydrogen) atoms. The van der Waals surface area contributed by atoms with Crippen molar-refractivity contribution in [3.8, 4) is 0 Å². The lowest BCUT2D eigenvalue weighted by atomic mass is 9.92. The van der Waals surface area contributed by atoms with Crippen molar-refractivity contribution in [1.82, 2.24) is 20.9 Å². The molecular weight excluding hydrogens is 426 g/mol. The lowest BCUT2D eigenvalue weighted by Gasteiger charge is -2.22. The Kier molecular flexibility index (Phi) is 4.48. The summed E-state index contributed by atoms with van der Waals surface area (Å²) in [5.74, 6) is -1.51. The van der Waals surface area contributed by atoms with Gasteiger partial charge in [0, 0.05) is 5.69 Å². The molecule has 2 atom stereocenters. The summed E-state index contributed by atoms with van der Waals surface area (Å²) >= 11 is 0. The molecule has 2 unspecified atom stereocenters. The van der Waals surface area contributed by atoms with Gasteiger partial charge in [-0.2, -0.15) is 0 Å². The molecule has 2 aliphatic heterocycles. The third-order valence-electron chi connectivity index (χ3n) is 6.49. The van der Waals surface area contributed by atoms with Crippen molar-refractivity contribution in [2.45, 2.75) is 30.8 Å². The molecule has 7 amide bonds. The van der Waals surface area contributed by atoms with Gasteiger partial charge in [0.05, 0.1) is 0 Å². The monoisotopic (exact) mass is 447 g/mol. The van der Waals surface area contributed by atoms with Gasteiger partial charge in [0.2, 0.25) is 5.91 Å². The molecule has 10 heteroatoms. The molecule has 1 aliphatic carbocycles. The van der Waals surface area contributed by atoms with E-state index in [0.29, 0.717) is 24.1 Å². The van der Waals surface area contributed by atoms with Gasteiger partial charge in [0.25, 0.3) is 11.8 Å². The van der Waals surface area contributed by atoms with Crippen LogP contribution in [-0.4, -0.2) is 41.2 Å². The van der Waals surface area contributed by atoms with Gasteiger partial charge in [-0.1, -0.05) is 36.4 Å². The minimum Gasteiger partial charge on any atom is -0.325 e. The van der Waals surface area contributed by atoms with E-state index in [9.17, 15) is 24.0 Å². The second-order valence-corrected chi connectivity index (χ2v) is 8.55. The predicted molar refractivity (Wildman–Crippen MR) is 116 cm³/mol. The van der Waals surface area contributed by atoms with Crippen molar-refractivity contribution in [2.24, 2.45) is 0 Å². The first-order valence-electron chi connectivity index (χ1n) is 10.5. The first-order chi connectivity index (χ1) is 15.7. The molecule has 2 saturated heterocycles. The van der Waals surface area contributed by atoms with E-state index in [0.717, 1.165) is 16.0 Å². The molecule has 2 fully saturated rings. The third-order valence-corrected chi connectivity index (χ3v) is 6.49. The van der Waals surface area contributed by atoms with Crippen LogP contribution in [0.3, 0.4) is 0 Å². The second kappa shape index (κ2) is 7.16. The number of carbonyl (C=O) groups excluding carboxylic acids is 5. The van der Waals surface area contributed by atoms with Crippen LogP contribution in [0.25, 0.3) is 0 Å². The SMILES string of the molecule is CC1(c2cccc(NC(=O)CN3C(=O)NC4(CCc5ccccc54)C3=O)c2)NC(=O)NC1=O. The Hall–Kier alpha value is -4.21. The van der Waals surface area contributed by atoms with E-state index in [-0.39, 0.29) is 0 Å². The van der Waals surface area contributed by atoms with Crippen LogP contribution in [0.2, 0.25) is 0 Å². The highest BCUT2D eigenvalue weighted by Crippen LogP contribution is 2.41. The number of amides is 7. The largest absolute Gasteiger partial charge is 0.325 e. The topological polar surface area (TPSA) is 137 Å². The third kappa shape index (κ3) is 3.13. The Morgan fingerprint density at radius 3 is 2.61 bits per heavy atom. The lowest BCUT2D eigenvalue weighted by molar-refractivity contribution is -0.134. The van der Waals surface area contributed by atoms with Crippen LogP contribution in [0, 0.1) is 0 Å². The van der Waals surface area contributed by atoms with Crippen molar-refractivity contribution in [3.05, 3.63) is 65.2 Å². The number of aryl methyl sites for hydroxylation is 1. The Labute approximate surface area is 188 Å². The number of hydrogen-bond acceptors (Lipinski definition) is 5. The number of hydrogen-bond donors (Lipinski definition) is 4. The Bertz CT molecular complexity index is 1240. The van der Waals surface area contributed by atoms with E-state index in [1.54, 1.807) is 31.2 Å². The molecule has 2 aromatic carbocycles. The fourth-order valence-corrected chi connectivity index (χ4v) is 4.73. The van der Waals surface area contributed by atoms with Crippen LogP contribution in [0.15, 0.2) is 48.5 Å². The van der Waals surface area contributed by atoms with Gasteiger partial charge in [0.15, 0.2) is 0 Å². The average Bonchev–Trinajstić information content (AvgIpc) is 3.36. The quantitative estimate of drug-likeness (QED) is 0.520. The van der Waals surface area contributed by atoms with Crippen LogP contribution in [0.5, 0.6) is 0 Å². The molecule has 2 aromatic rings. The zero-order valence-corrected chi connectivity index (χ0v) is 17.7. The minimum absolute atomic E-state index is 0.362. The van der Waals surface area contributed by atoms with Crippen molar-refractivity contribution < 1.29 is 24.0 Å². The smallest absolute Gasteiger partial charge is 0.325 e. The van der Waals surface area contributed by atoms with E-state index >= 15 is 0 Å². The standard InChI is InChI=1S/C23H21N5O5/c1-22(18(30)25-20(32)26-22)14-6-4-7-15(11-14)24-17(29)12-28-19(31)23(27-21(28)33)10-9-13-5-2-3-8-16(13)23/h2-8,11H,9-10,12H2,1H3,(H,24,29)(H,27,33)(H2,25,26,30,32). The number of nitrogens with zero attached hydrogens (tertiary/aromatic N) is 1. The molecule has 2 heterocycles. The molecule has 0 saturated carbocycles. The molecule has 0 bridgehead atoms. The average molecular weight is 447 g/mol. The first-order valence-corrected chi connectivity index (χ1v) is 10.5. The van der Waals surface area contributed by atoms with Crippen molar-refractivity contribution in [3.63, 3.8) is 0 Å². The van der Waals surface area contributed by atoms with Gasteiger partial charge >= 0.3 is 12.1 Å². The summed E-state index contributed by atoms with van der Waals surface area (Å²) in [6, 6.07) is 12.7. The molecular formula is C23H21N5O5. The summed E-state index contributed by atoms with van der Waals surface area (Å²) in [6.07, 6.45) is 1.11. The van der Waals surface area contributed by atoms with E-state index in [1.165, 1.54) is 0 Å². The number of benzene rings is 2. The zero-order chi connectivity index (χ0) is 23.4. The summed E-state index contributed by atoms with van der Waals surface area (Å²) < 4.78 is 0. The molecule has 0 aromatic heterocycles. The number of carbonyl (C=O) groups is 5. The molecule has 4 N–H and O–H groups in total. The van der Waals surface area contributed by atoms with Crippen molar-refractivity contribution in [2.75, 3.05) is 11.9 Å². The van der Waals surface area contributed by atoms with Crippen LogP contribution in [0.1, 0.15) is 30.0 Å². The number of fused-ring (bicyclic) bond motifs is 2. The van der Waals surface area contributed by atoms with E-state index in [1.807, 2.05) is 24.3 Å². The maximum atomic E-state index is 13.2. The maximum Gasteiger partial charge on any atom is 0.325 e. The Morgan fingerprint density at radius 1 is 1.06 bits per heavy atom. The molecule has 3 aliphatic rings. The summed E-state index contributed by atoms with van der Waals surface area (Å²) in [5.41, 5.74) is 0.206. The lowest BCUT2D eigenvalue weighted by Crippen LogP contribution is -2.43. The van der Waals surface area contributed by atoms with Crippen molar-refractivity contribution >= 4 is 35.5 Å². The predicted octanol–water partition coefficient (Wildman–Crippen LogP) is 1.07. The van der Waals surface area contributed by atoms with Crippen LogP contribution in [0.4, 0.5) is 15.3 Å². The van der Waals surface area contributed by atoms with Gasteiger partial charge in [-0.3, -0.25) is 24.6 Å². The molecule has 10 nitrogen and oxygen atoms in total. The van der Waals surface area contributed by atoms with Gasteiger partial charge < -0.3 is 16.0 Å². The van der Waals surface area contributed by atoms with Crippen LogP contribution in [-0.2, 0) is 31.9 Å². The number of nitrogens with one attached hydrogen (secondary N) is 4.